The lowest BCUT2D eigenvalue weighted by Crippen LogP contribution is -2.34. The van der Waals surface area contributed by atoms with Crippen molar-refractivity contribution in [2.45, 2.75) is 19.4 Å². The highest BCUT2D eigenvalue weighted by molar-refractivity contribution is 5.89. The van der Waals surface area contributed by atoms with Crippen LogP contribution in [-0.4, -0.2) is 39.8 Å². The second-order valence-electron chi connectivity index (χ2n) is 5.90. The monoisotopic (exact) mass is 324 g/mol. The zero-order valence-electron chi connectivity index (χ0n) is 13.4. The van der Waals surface area contributed by atoms with E-state index >= 15 is 0 Å². The molecule has 0 aromatic carbocycles. The van der Waals surface area contributed by atoms with E-state index in [0.29, 0.717) is 19.6 Å². The number of pyridine rings is 2. The zero-order chi connectivity index (χ0) is 16.8. The number of amides is 2. The van der Waals surface area contributed by atoms with Gasteiger partial charge in [-0.1, -0.05) is 12.1 Å². The van der Waals surface area contributed by atoms with Crippen molar-refractivity contribution in [3.05, 3.63) is 60.2 Å². The maximum Gasteiger partial charge on any atom is 0.225 e. The molecule has 6 heteroatoms. The average molecular weight is 324 g/mol. The van der Waals surface area contributed by atoms with Gasteiger partial charge >= 0.3 is 0 Å². The first-order valence-electron chi connectivity index (χ1n) is 8.06. The van der Waals surface area contributed by atoms with Gasteiger partial charge in [0.05, 0.1) is 18.2 Å². The van der Waals surface area contributed by atoms with Crippen LogP contribution in [0.5, 0.6) is 0 Å². The van der Waals surface area contributed by atoms with E-state index in [1.54, 1.807) is 23.5 Å². The van der Waals surface area contributed by atoms with E-state index in [9.17, 15) is 9.59 Å². The molecule has 3 heterocycles. The topological polar surface area (TPSA) is 75.2 Å². The van der Waals surface area contributed by atoms with Crippen LogP contribution in [-0.2, 0) is 22.6 Å². The summed E-state index contributed by atoms with van der Waals surface area (Å²) >= 11 is 0. The van der Waals surface area contributed by atoms with Crippen molar-refractivity contribution in [1.29, 1.82) is 0 Å². The van der Waals surface area contributed by atoms with Crippen molar-refractivity contribution in [3.63, 3.8) is 0 Å². The van der Waals surface area contributed by atoms with E-state index in [4.69, 9.17) is 0 Å². The van der Waals surface area contributed by atoms with Gasteiger partial charge in [-0.15, -0.1) is 0 Å². The van der Waals surface area contributed by atoms with Gasteiger partial charge in [-0.05, 0) is 30.2 Å². The molecule has 0 spiro atoms. The molecule has 1 saturated heterocycles. The summed E-state index contributed by atoms with van der Waals surface area (Å²) < 4.78 is 0. The van der Waals surface area contributed by atoms with E-state index in [0.717, 1.165) is 17.7 Å². The molecule has 124 valence electrons. The van der Waals surface area contributed by atoms with Crippen LogP contribution in [0.2, 0.25) is 0 Å². The Morgan fingerprint density at radius 1 is 1.25 bits per heavy atom. The highest BCUT2D eigenvalue weighted by Gasteiger charge is 2.34. The molecule has 1 aliphatic rings. The molecule has 0 saturated carbocycles. The van der Waals surface area contributed by atoms with Crippen LogP contribution in [0, 0.1) is 5.92 Å². The zero-order valence-corrected chi connectivity index (χ0v) is 13.4. The number of hydrogen-bond donors (Lipinski definition) is 1. The Labute approximate surface area is 140 Å². The number of carbonyl (C=O) groups excluding carboxylic acids is 2. The molecule has 2 aromatic rings. The third kappa shape index (κ3) is 4.16. The van der Waals surface area contributed by atoms with E-state index in [1.165, 1.54) is 0 Å². The van der Waals surface area contributed by atoms with Crippen LogP contribution < -0.4 is 5.32 Å². The van der Waals surface area contributed by atoms with Crippen molar-refractivity contribution in [2.75, 3.05) is 13.1 Å². The smallest absolute Gasteiger partial charge is 0.225 e. The second-order valence-corrected chi connectivity index (χ2v) is 5.90. The molecule has 2 aromatic heterocycles. The first-order chi connectivity index (χ1) is 11.7. The van der Waals surface area contributed by atoms with Gasteiger partial charge < -0.3 is 10.2 Å². The third-order valence-corrected chi connectivity index (χ3v) is 4.10. The highest BCUT2D eigenvalue weighted by atomic mass is 16.2. The Hall–Kier alpha value is -2.76. The van der Waals surface area contributed by atoms with Gasteiger partial charge in [-0.3, -0.25) is 19.6 Å². The summed E-state index contributed by atoms with van der Waals surface area (Å²) in [7, 11) is 0. The fraction of sp³-hybridized carbons (Fsp3) is 0.333. The standard InChI is InChI=1S/C18H20N4O2/c23-17-10-15(12-22(17)13-16-5-1-2-8-20-16)18(24)21-9-6-14-4-3-7-19-11-14/h1-5,7-8,11,15H,6,9-10,12-13H2,(H,21,24)/t15-/m1/s1. The molecular formula is C18H20N4O2. The first-order valence-corrected chi connectivity index (χ1v) is 8.06. The van der Waals surface area contributed by atoms with Gasteiger partial charge in [0, 0.05) is 38.1 Å². The summed E-state index contributed by atoms with van der Waals surface area (Å²) in [5, 5.41) is 2.92. The minimum atomic E-state index is -0.282. The predicted molar refractivity (Wildman–Crippen MR) is 88.7 cm³/mol. The lowest BCUT2D eigenvalue weighted by Gasteiger charge is -2.16. The minimum absolute atomic E-state index is 0.00747. The highest BCUT2D eigenvalue weighted by Crippen LogP contribution is 2.19. The number of nitrogens with zero attached hydrogens (tertiary/aromatic N) is 3. The van der Waals surface area contributed by atoms with Crippen molar-refractivity contribution in [2.24, 2.45) is 5.92 Å². The van der Waals surface area contributed by atoms with Crippen LogP contribution in [0.15, 0.2) is 48.9 Å². The van der Waals surface area contributed by atoms with Crippen molar-refractivity contribution in [3.8, 4) is 0 Å². The SMILES string of the molecule is O=C(NCCc1cccnc1)[C@@H]1CC(=O)N(Cc2ccccn2)C1. The van der Waals surface area contributed by atoms with Crippen molar-refractivity contribution >= 4 is 11.8 Å². The Kier molecular flexibility index (Phi) is 5.15. The summed E-state index contributed by atoms with van der Waals surface area (Å²) in [5.74, 6) is -0.334. The number of nitrogens with one attached hydrogen (secondary N) is 1. The summed E-state index contributed by atoms with van der Waals surface area (Å²) in [6.07, 6.45) is 6.23. The number of carbonyl (C=O) groups is 2. The number of rotatable bonds is 6. The molecule has 3 rings (SSSR count). The van der Waals surface area contributed by atoms with E-state index in [-0.39, 0.29) is 24.2 Å². The molecule has 2 amide bonds. The molecule has 1 N–H and O–H groups in total. The van der Waals surface area contributed by atoms with Crippen LogP contribution in [0.25, 0.3) is 0 Å². The average Bonchev–Trinajstić information content (AvgIpc) is 2.97. The molecule has 1 fully saturated rings. The predicted octanol–water partition coefficient (Wildman–Crippen LogP) is 1.18. The van der Waals surface area contributed by atoms with E-state index in [1.807, 2.05) is 30.3 Å². The molecule has 0 radical (unpaired) electrons. The lowest BCUT2D eigenvalue weighted by molar-refractivity contribution is -0.129. The van der Waals surface area contributed by atoms with Gasteiger partial charge in [0.1, 0.15) is 0 Å². The van der Waals surface area contributed by atoms with Crippen LogP contribution in [0.1, 0.15) is 17.7 Å². The summed E-state index contributed by atoms with van der Waals surface area (Å²) in [4.78, 5) is 34.3. The molecule has 6 nitrogen and oxygen atoms in total. The number of likely N-dealkylation sites (tertiary alicyclic amines) is 1. The maximum absolute atomic E-state index is 12.3. The first kappa shape index (κ1) is 16.1. The lowest BCUT2D eigenvalue weighted by atomic mass is 10.1. The van der Waals surface area contributed by atoms with E-state index < -0.39 is 0 Å². The molecule has 0 unspecified atom stereocenters. The summed E-state index contributed by atoms with van der Waals surface area (Å²) in [6.45, 7) is 1.46. The largest absolute Gasteiger partial charge is 0.355 e. The van der Waals surface area contributed by atoms with Crippen molar-refractivity contribution in [1.82, 2.24) is 20.2 Å². The fourth-order valence-electron chi connectivity index (χ4n) is 2.81. The maximum atomic E-state index is 12.3. The van der Waals surface area contributed by atoms with Gasteiger partial charge in [-0.2, -0.15) is 0 Å². The van der Waals surface area contributed by atoms with Gasteiger partial charge in [0.2, 0.25) is 11.8 Å². The van der Waals surface area contributed by atoms with Crippen LogP contribution in [0.3, 0.4) is 0 Å². The quantitative estimate of drug-likeness (QED) is 0.866. The molecule has 1 aliphatic heterocycles. The molecule has 24 heavy (non-hydrogen) atoms. The fourth-order valence-corrected chi connectivity index (χ4v) is 2.81. The van der Waals surface area contributed by atoms with Crippen LogP contribution in [0.4, 0.5) is 0 Å². The molecular weight excluding hydrogens is 304 g/mol. The molecule has 0 aliphatic carbocycles. The Morgan fingerprint density at radius 3 is 2.92 bits per heavy atom. The third-order valence-electron chi connectivity index (χ3n) is 4.10. The van der Waals surface area contributed by atoms with Crippen LogP contribution >= 0.6 is 0 Å². The molecule has 1 atom stereocenters. The summed E-state index contributed by atoms with van der Waals surface area (Å²) in [5.41, 5.74) is 1.92. The minimum Gasteiger partial charge on any atom is -0.355 e. The summed E-state index contributed by atoms with van der Waals surface area (Å²) in [6, 6.07) is 9.48. The Morgan fingerprint density at radius 2 is 2.17 bits per heavy atom. The van der Waals surface area contributed by atoms with Crippen molar-refractivity contribution < 1.29 is 9.59 Å². The molecule has 0 bridgehead atoms. The Balaban J connectivity index is 1.47. The number of hydrogen-bond acceptors (Lipinski definition) is 4. The normalized spacial score (nSPS) is 17.1. The van der Waals surface area contributed by atoms with Gasteiger partial charge in [0.15, 0.2) is 0 Å². The second kappa shape index (κ2) is 7.68. The van der Waals surface area contributed by atoms with Gasteiger partial charge in [-0.25, -0.2) is 0 Å². The Bertz CT molecular complexity index is 691. The van der Waals surface area contributed by atoms with Gasteiger partial charge in [0.25, 0.3) is 0 Å². The van der Waals surface area contributed by atoms with E-state index in [2.05, 4.69) is 15.3 Å². The number of aromatic nitrogens is 2.